The summed E-state index contributed by atoms with van der Waals surface area (Å²) >= 11 is 0. The van der Waals surface area contributed by atoms with E-state index in [2.05, 4.69) is 56.3 Å². The maximum atomic E-state index is 15.3. The molecule has 210 valence electrons. The third-order valence-corrected chi connectivity index (χ3v) is 8.79. The second kappa shape index (κ2) is 12.0. The first kappa shape index (κ1) is 28.8. The van der Waals surface area contributed by atoms with Crippen LogP contribution in [0.2, 0.25) is 0 Å². The van der Waals surface area contributed by atoms with Crippen molar-refractivity contribution in [2.75, 3.05) is 0 Å². The van der Waals surface area contributed by atoms with Gasteiger partial charge in [-0.1, -0.05) is 121 Å². The van der Waals surface area contributed by atoms with Crippen LogP contribution in [0.5, 0.6) is 0 Å². The number of aryl methyl sites for hydroxylation is 2. The highest BCUT2D eigenvalue weighted by atomic mass is 16.2. The van der Waals surface area contributed by atoms with Crippen LogP contribution in [-0.2, 0) is 21.4 Å². The summed E-state index contributed by atoms with van der Waals surface area (Å²) in [7, 11) is 0. The van der Waals surface area contributed by atoms with Gasteiger partial charge in [0.2, 0.25) is 5.91 Å². The summed E-state index contributed by atoms with van der Waals surface area (Å²) in [5, 5.41) is 0. The smallest absolute Gasteiger partial charge is 0.232 e. The Bertz CT molecular complexity index is 1720. The second-order valence-electron chi connectivity index (χ2n) is 11.2. The molecule has 2 N–H and O–H groups in total. The molecule has 1 amide bonds. The van der Waals surface area contributed by atoms with Gasteiger partial charge < -0.3 is 5.73 Å². The standard InChI is InChI=1S/C39H37NO2/c1-26-13-11-19-34(28(26)3)36(38(40)42)37(41)39(33-17-9-6-10-18-33,35-20-12-14-27(2)29(35)4)25-30-21-23-32(24-22-30)31-15-7-5-8-16-31/h5-24,36H,25H2,1-4H3,(H2,40,42). The van der Waals surface area contributed by atoms with Crippen LogP contribution in [0, 0.1) is 27.7 Å². The Hall–Kier alpha value is -4.76. The zero-order chi connectivity index (χ0) is 29.9. The van der Waals surface area contributed by atoms with Gasteiger partial charge in [-0.15, -0.1) is 0 Å². The molecule has 0 aromatic heterocycles. The summed E-state index contributed by atoms with van der Waals surface area (Å²) in [5.41, 5.74) is 14.6. The lowest BCUT2D eigenvalue weighted by atomic mass is 9.62. The molecule has 0 saturated heterocycles. The van der Waals surface area contributed by atoms with Gasteiger partial charge in [0, 0.05) is 0 Å². The normalized spacial score (nSPS) is 13.2. The highest BCUT2D eigenvalue weighted by Gasteiger charge is 2.48. The Kier molecular flexibility index (Phi) is 8.22. The lowest BCUT2D eigenvalue weighted by Gasteiger charge is -2.38. The lowest BCUT2D eigenvalue weighted by molar-refractivity contribution is -0.131. The van der Waals surface area contributed by atoms with Gasteiger partial charge in [0.15, 0.2) is 5.78 Å². The Morgan fingerprint density at radius 1 is 0.619 bits per heavy atom. The summed E-state index contributed by atoms with van der Waals surface area (Å²) in [5.74, 6) is -1.97. The molecule has 3 nitrogen and oxygen atoms in total. The van der Waals surface area contributed by atoms with Crippen LogP contribution in [0.1, 0.15) is 50.4 Å². The molecule has 0 radical (unpaired) electrons. The first-order chi connectivity index (χ1) is 20.2. The summed E-state index contributed by atoms with van der Waals surface area (Å²) in [4.78, 5) is 28.6. The summed E-state index contributed by atoms with van der Waals surface area (Å²) in [6, 6.07) is 40.3. The number of ketones is 1. The van der Waals surface area contributed by atoms with Crippen molar-refractivity contribution in [3.8, 4) is 11.1 Å². The third kappa shape index (κ3) is 5.31. The van der Waals surface area contributed by atoms with E-state index in [4.69, 9.17) is 5.73 Å². The van der Waals surface area contributed by atoms with Crippen molar-refractivity contribution in [1.29, 1.82) is 0 Å². The molecule has 0 fully saturated rings. The molecule has 2 unspecified atom stereocenters. The molecule has 0 aliphatic heterocycles. The number of primary amides is 1. The van der Waals surface area contributed by atoms with E-state index in [1.54, 1.807) is 0 Å². The van der Waals surface area contributed by atoms with Crippen LogP contribution in [0.15, 0.2) is 121 Å². The van der Waals surface area contributed by atoms with Gasteiger partial charge in [0.25, 0.3) is 0 Å². The van der Waals surface area contributed by atoms with Crippen LogP contribution < -0.4 is 5.73 Å². The van der Waals surface area contributed by atoms with E-state index >= 15 is 4.79 Å². The maximum absolute atomic E-state index is 15.3. The van der Waals surface area contributed by atoms with E-state index in [0.29, 0.717) is 12.0 Å². The van der Waals surface area contributed by atoms with Gasteiger partial charge in [-0.2, -0.15) is 0 Å². The highest BCUT2D eigenvalue weighted by Crippen LogP contribution is 2.44. The summed E-state index contributed by atoms with van der Waals surface area (Å²) < 4.78 is 0. The fraction of sp³-hybridized carbons (Fsp3) is 0.179. The molecular weight excluding hydrogens is 514 g/mol. The molecule has 2 atom stereocenters. The number of carbonyl (C=O) groups is 2. The predicted octanol–water partition coefficient (Wildman–Crippen LogP) is 7.95. The number of amides is 1. The molecular formula is C39H37NO2. The fourth-order valence-electron chi connectivity index (χ4n) is 6.16. The number of carbonyl (C=O) groups excluding carboxylic acids is 2. The van der Waals surface area contributed by atoms with Crippen molar-refractivity contribution < 1.29 is 9.59 Å². The number of Topliss-reactive ketones (excluding diaryl/α,β-unsaturated/α-hetero) is 1. The predicted molar refractivity (Wildman–Crippen MR) is 172 cm³/mol. The fourth-order valence-corrected chi connectivity index (χ4v) is 6.16. The molecule has 0 saturated carbocycles. The minimum Gasteiger partial charge on any atom is -0.369 e. The number of benzene rings is 5. The van der Waals surface area contributed by atoms with Crippen molar-refractivity contribution in [3.63, 3.8) is 0 Å². The van der Waals surface area contributed by atoms with E-state index in [-0.39, 0.29) is 5.78 Å². The Balaban J connectivity index is 1.77. The Labute approximate surface area is 249 Å². The van der Waals surface area contributed by atoms with Gasteiger partial charge in [0.1, 0.15) is 5.92 Å². The topological polar surface area (TPSA) is 60.2 Å². The number of nitrogens with two attached hydrogens (primary N) is 1. The molecule has 0 heterocycles. The Morgan fingerprint density at radius 2 is 1.17 bits per heavy atom. The molecule has 5 rings (SSSR count). The average Bonchev–Trinajstić information content (AvgIpc) is 3.01. The van der Waals surface area contributed by atoms with E-state index in [1.807, 2.05) is 92.7 Å². The number of hydrogen-bond acceptors (Lipinski definition) is 2. The van der Waals surface area contributed by atoms with Crippen molar-refractivity contribution in [2.24, 2.45) is 5.73 Å². The first-order valence-electron chi connectivity index (χ1n) is 14.4. The van der Waals surface area contributed by atoms with Gasteiger partial charge in [0.05, 0.1) is 5.41 Å². The van der Waals surface area contributed by atoms with Crippen LogP contribution in [0.3, 0.4) is 0 Å². The average molecular weight is 552 g/mol. The first-order valence-corrected chi connectivity index (χ1v) is 14.4. The quantitative estimate of drug-likeness (QED) is 0.189. The maximum Gasteiger partial charge on any atom is 0.232 e. The van der Waals surface area contributed by atoms with Gasteiger partial charge >= 0.3 is 0 Å². The molecule has 42 heavy (non-hydrogen) atoms. The molecule has 0 aliphatic rings. The van der Waals surface area contributed by atoms with Gasteiger partial charge in [-0.05, 0) is 89.8 Å². The van der Waals surface area contributed by atoms with E-state index in [9.17, 15) is 4.79 Å². The summed E-state index contributed by atoms with van der Waals surface area (Å²) in [6.45, 7) is 8.07. The molecule has 0 bridgehead atoms. The van der Waals surface area contributed by atoms with Crippen molar-refractivity contribution in [3.05, 3.63) is 166 Å². The molecule has 5 aromatic carbocycles. The van der Waals surface area contributed by atoms with Gasteiger partial charge in [-0.3, -0.25) is 9.59 Å². The van der Waals surface area contributed by atoms with Crippen molar-refractivity contribution in [1.82, 2.24) is 0 Å². The third-order valence-electron chi connectivity index (χ3n) is 8.79. The molecule has 0 aliphatic carbocycles. The number of hydrogen-bond donors (Lipinski definition) is 1. The molecule has 0 spiro atoms. The van der Waals surface area contributed by atoms with Crippen LogP contribution in [0.4, 0.5) is 0 Å². The largest absolute Gasteiger partial charge is 0.369 e. The minimum absolute atomic E-state index is 0.212. The van der Waals surface area contributed by atoms with Crippen LogP contribution >= 0.6 is 0 Å². The summed E-state index contributed by atoms with van der Waals surface area (Å²) in [6.07, 6.45) is 0.379. The number of rotatable bonds is 9. The van der Waals surface area contributed by atoms with E-state index < -0.39 is 17.2 Å². The van der Waals surface area contributed by atoms with E-state index in [0.717, 1.165) is 50.1 Å². The highest BCUT2D eigenvalue weighted by molar-refractivity contribution is 6.12. The molecule has 3 heteroatoms. The Morgan fingerprint density at radius 3 is 1.79 bits per heavy atom. The lowest BCUT2D eigenvalue weighted by Crippen LogP contribution is -2.46. The van der Waals surface area contributed by atoms with E-state index in [1.165, 1.54) is 0 Å². The zero-order valence-electron chi connectivity index (χ0n) is 24.7. The monoisotopic (exact) mass is 551 g/mol. The van der Waals surface area contributed by atoms with Crippen molar-refractivity contribution >= 4 is 11.7 Å². The minimum atomic E-state index is -1.17. The van der Waals surface area contributed by atoms with Crippen LogP contribution in [-0.4, -0.2) is 11.7 Å². The second-order valence-corrected chi connectivity index (χ2v) is 11.2. The zero-order valence-corrected chi connectivity index (χ0v) is 24.7. The van der Waals surface area contributed by atoms with Crippen molar-refractivity contribution in [2.45, 2.75) is 45.4 Å². The van der Waals surface area contributed by atoms with Gasteiger partial charge in [-0.25, -0.2) is 0 Å². The van der Waals surface area contributed by atoms with Crippen LogP contribution in [0.25, 0.3) is 11.1 Å². The molecule has 5 aromatic rings. The SMILES string of the molecule is Cc1cccc(C(C(N)=O)C(=O)C(Cc2ccc(-c3ccccc3)cc2)(c2ccccc2)c2cccc(C)c2C)c1C.